The molecule has 0 aromatic heterocycles. The summed E-state index contributed by atoms with van der Waals surface area (Å²) in [6.45, 7) is 2.42. The maximum Gasteiger partial charge on any atom is 0.304 e. The van der Waals surface area contributed by atoms with Crippen LogP contribution in [0.5, 0.6) is 0 Å². The van der Waals surface area contributed by atoms with Crippen LogP contribution in [0, 0.1) is 0 Å². The van der Waals surface area contributed by atoms with Gasteiger partial charge < -0.3 is 5.11 Å². The Bertz CT molecular complexity index is 303. The summed E-state index contributed by atoms with van der Waals surface area (Å²) in [7, 11) is -2.15. The number of carbonyl (C=O) groups is 1. The van der Waals surface area contributed by atoms with Crippen molar-refractivity contribution in [1.82, 2.24) is 9.03 Å². The van der Waals surface area contributed by atoms with Gasteiger partial charge in [-0.2, -0.15) is 12.7 Å². The second-order valence-electron chi connectivity index (χ2n) is 3.57. The van der Waals surface area contributed by atoms with Crippen molar-refractivity contribution in [1.29, 1.82) is 0 Å². The van der Waals surface area contributed by atoms with E-state index < -0.39 is 16.2 Å². The zero-order valence-corrected chi connectivity index (χ0v) is 10.6. The molecule has 0 bridgehead atoms. The van der Waals surface area contributed by atoms with Crippen LogP contribution < -0.4 is 4.72 Å². The maximum absolute atomic E-state index is 11.5. The molecule has 0 aromatic rings. The van der Waals surface area contributed by atoms with Crippen LogP contribution in [0.15, 0.2) is 0 Å². The van der Waals surface area contributed by atoms with Gasteiger partial charge in [-0.25, -0.2) is 4.72 Å². The monoisotopic (exact) mass is 252 g/mol. The Kier molecular flexibility index (Phi) is 7.27. The molecule has 0 radical (unpaired) electrons. The second-order valence-corrected chi connectivity index (χ2v) is 5.43. The number of nitrogens with one attached hydrogen (secondary N) is 1. The summed E-state index contributed by atoms with van der Waals surface area (Å²) >= 11 is 0. The van der Waals surface area contributed by atoms with Crippen molar-refractivity contribution in [3.8, 4) is 0 Å². The molecule has 6 nitrogen and oxygen atoms in total. The van der Waals surface area contributed by atoms with Crippen molar-refractivity contribution in [3.63, 3.8) is 0 Å². The van der Waals surface area contributed by atoms with Crippen molar-refractivity contribution in [2.75, 3.05) is 20.1 Å². The van der Waals surface area contributed by atoms with E-state index in [1.54, 1.807) is 0 Å². The molecule has 0 aliphatic carbocycles. The number of hydrogen-bond donors (Lipinski definition) is 2. The van der Waals surface area contributed by atoms with Gasteiger partial charge in [0.05, 0.1) is 6.42 Å². The maximum atomic E-state index is 11.5. The highest BCUT2D eigenvalue weighted by atomic mass is 32.2. The second kappa shape index (κ2) is 7.59. The van der Waals surface area contributed by atoms with Gasteiger partial charge in [0.1, 0.15) is 0 Å². The van der Waals surface area contributed by atoms with Crippen LogP contribution in [-0.2, 0) is 15.0 Å². The Morgan fingerprint density at radius 2 is 2.00 bits per heavy atom. The molecule has 16 heavy (non-hydrogen) atoms. The molecule has 0 aromatic carbocycles. The van der Waals surface area contributed by atoms with Gasteiger partial charge in [-0.15, -0.1) is 0 Å². The fraction of sp³-hybridized carbons (Fsp3) is 0.889. The van der Waals surface area contributed by atoms with Gasteiger partial charge in [0.25, 0.3) is 10.2 Å². The Labute approximate surface area is 96.8 Å². The van der Waals surface area contributed by atoms with E-state index in [0.717, 1.165) is 23.6 Å². The highest BCUT2D eigenvalue weighted by Gasteiger charge is 2.17. The highest BCUT2D eigenvalue weighted by molar-refractivity contribution is 7.87. The molecule has 0 unspecified atom stereocenters. The van der Waals surface area contributed by atoms with Crippen LogP contribution >= 0.6 is 0 Å². The van der Waals surface area contributed by atoms with Gasteiger partial charge in [-0.1, -0.05) is 19.8 Å². The lowest BCUT2D eigenvalue weighted by molar-refractivity contribution is -0.137. The van der Waals surface area contributed by atoms with Gasteiger partial charge in [-0.3, -0.25) is 4.79 Å². The first-order valence-electron chi connectivity index (χ1n) is 5.33. The summed E-state index contributed by atoms with van der Waals surface area (Å²) in [5.74, 6) is -1.01. The van der Waals surface area contributed by atoms with Crippen molar-refractivity contribution in [2.24, 2.45) is 0 Å². The van der Waals surface area contributed by atoms with Gasteiger partial charge in [0, 0.05) is 20.1 Å². The third kappa shape index (κ3) is 6.76. The van der Waals surface area contributed by atoms with E-state index in [1.807, 2.05) is 6.92 Å². The fourth-order valence-electron chi connectivity index (χ4n) is 1.06. The minimum Gasteiger partial charge on any atom is -0.481 e. The first-order valence-corrected chi connectivity index (χ1v) is 6.77. The number of hydrogen-bond acceptors (Lipinski definition) is 3. The van der Waals surface area contributed by atoms with E-state index in [0.29, 0.717) is 6.54 Å². The van der Waals surface area contributed by atoms with Crippen LogP contribution in [0.3, 0.4) is 0 Å². The number of unbranched alkanes of at least 4 members (excludes halogenated alkanes) is 2. The van der Waals surface area contributed by atoms with Gasteiger partial charge in [0.2, 0.25) is 0 Å². The van der Waals surface area contributed by atoms with Crippen molar-refractivity contribution < 1.29 is 18.3 Å². The van der Waals surface area contributed by atoms with Gasteiger partial charge in [-0.05, 0) is 6.42 Å². The predicted octanol–water partition coefficient (Wildman–Crippen LogP) is 0.418. The highest BCUT2D eigenvalue weighted by Crippen LogP contribution is 1.98. The quantitative estimate of drug-likeness (QED) is 0.582. The Morgan fingerprint density at radius 1 is 1.38 bits per heavy atom. The molecule has 0 spiro atoms. The molecular weight excluding hydrogens is 232 g/mol. The Morgan fingerprint density at radius 3 is 2.50 bits per heavy atom. The van der Waals surface area contributed by atoms with E-state index in [4.69, 9.17) is 5.11 Å². The third-order valence-corrected chi connectivity index (χ3v) is 3.69. The molecule has 7 heteroatoms. The SMILES string of the molecule is CCCCCNS(=O)(=O)N(C)CCC(=O)O. The molecule has 0 atom stereocenters. The summed E-state index contributed by atoms with van der Waals surface area (Å²) in [5.41, 5.74) is 0. The molecule has 0 saturated heterocycles. The average Bonchev–Trinajstić information content (AvgIpc) is 2.20. The third-order valence-electron chi connectivity index (χ3n) is 2.12. The standard InChI is InChI=1S/C9H20N2O4S/c1-3-4-5-7-10-16(14,15)11(2)8-6-9(12)13/h10H,3-8H2,1-2H3,(H,12,13). The first kappa shape index (κ1) is 15.3. The molecule has 0 amide bonds. The zero-order valence-electron chi connectivity index (χ0n) is 9.77. The summed E-state index contributed by atoms with van der Waals surface area (Å²) in [6, 6.07) is 0. The van der Waals surface area contributed by atoms with Crippen LogP contribution in [0.1, 0.15) is 32.6 Å². The minimum atomic E-state index is -3.52. The smallest absolute Gasteiger partial charge is 0.304 e. The van der Waals surface area contributed by atoms with Crippen molar-refractivity contribution >= 4 is 16.2 Å². The summed E-state index contributed by atoms with van der Waals surface area (Å²) in [4.78, 5) is 10.3. The van der Waals surface area contributed by atoms with Crippen LogP contribution in [0.4, 0.5) is 0 Å². The average molecular weight is 252 g/mol. The molecule has 0 rings (SSSR count). The molecule has 0 heterocycles. The summed E-state index contributed by atoms with van der Waals surface area (Å²) in [5, 5.41) is 8.43. The van der Waals surface area contributed by atoms with Crippen LogP contribution in [-0.4, -0.2) is 43.9 Å². The van der Waals surface area contributed by atoms with Crippen LogP contribution in [0.25, 0.3) is 0 Å². The molecule has 0 fully saturated rings. The lowest BCUT2D eigenvalue weighted by atomic mass is 10.3. The molecule has 96 valence electrons. The minimum absolute atomic E-state index is 0.0154. The molecule has 0 aliphatic heterocycles. The molecular formula is C9H20N2O4S. The van der Waals surface area contributed by atoms with E-state index in [-0.39, 0.29) is 13.0 Å². The van der Waals surface area contributed by atoms with E-state index in [1.165, 1.54) is 7.05 Å². The largest absolute Gasteiger partial charge is 0.481 e. The summed E-state index contributed by atoms with van der Waals surface area (Å²) < 4.78 is 26.5. The van der Waals surface area contributed by atoms with Gasteiger partial charge in [0.15, 0.2) is 0 Å². The Hall–Kier alpha value is -0.660. The first-order chi connectivity index (χ1) is 7.40. The van der Waals surface area contributed by atoms with Crippen molar-refractivity contribution in [2.45, 2.75) is 32.6 Å². The molecule has 2 N–H and O–H groups in total. The molecule has 0 aliphatic rings. The fourth-order valence-corrected chi connectivity index (χ4v) is 2.01. The lowest BCUT2D eigenvalue weighted by Crippen LogP contribution is -2.39. The zero-order chi connectivity index (χ0) is 12.6. The molecule has 0 saturated carbocycles. The van der Waals surface area contributed by atoms with Crippen molar-refractivity contribution in [3.05, 3.63) is 0 Å². The predicted molar refractivity (Wildman–Crippen MR) is 61.3 cm³/mol. The Balaban J connectivity index is 3.96. The number of rotatable bonds is 9. The number of carboxylic acid groups (broad SMARTS) is 1. The van der Waals surface area contributed by atoms with E-state index in [2.05, 4.69) is 4.72 Å². The topological polar surface area (TPSA) is 86.7 Å². The van der Waals surface area contributed by atoms with E-state index >= 15 is 0 Å². The van der Waals surface area contributed by atoms with E-state index in [9.17, 15) is 13.2 Å². The van der Waals surface area contributed by atoms with Crippen LogP contribution in [0.2, 0.25) is 0 Å². The van der Waals surface area contributed by atoms with Gasteiger partial charge >= 0.3 is 5.97 Å². The normalized spacial score (nSPS) is 11.9. The number of nitrogens with zero attached hydrogens (tertiary/aromatic N) is 1. The summed E-state index contributed by atoms with van der Waals surface area (Å²) in [6.07, 6.45) is 2.60. The number of aliphatic carboxylic acids is 1. The number of carboxylic acids is 1. The lowest BCUT2D eigenvalue weighted by Gasteiger charge is -2.16.